The number of carbonyl (C=O) groups is 1. The lowest BCUT2D eigenvalue weighted by Crippen LogP contribution is -2.13. The maximum Gasteiger partial charge on any atom is 0.240 e. The fourth-order valence-corrected chi connectivity index (χ4v) is 3.88. The highest BCUT2D eigenvalue weighted by Gasteiger charge is 2.17. The lowest BCUT2D eigenvalue weighted by atomic mass is 10.1. The molecule has 10 heteroatoms. The molecule has 0 radical (unpaired) electrons. The molecule has 7 nitrogen and oxygen atoms in total. The molecule has 158 valence electrons. The molecule has 0 saturated carbocycles. The number of nitrogens with one attached hydrogen (secondary N) is 2. The van der Waals surface area contributed by atoms with Gasteiger partial charge in [0.05, 0.1) is 15.6 Å². The summed E-state index contributed by atoms with van der Waals surface area (Å²) in [7, 11) is 0. The van der Waals surface area contributed by atoms with Gasteiger partial charge in [-0.05, 0) is 37.3 Å². The Bertz CT molecular complexity index is 1220. The number of hydrogen-bond acceptors (Lipinski definition) is 5. The van der Waals surface area contributed by atoms with Crippen molar-refractivity contribution < 1.29 is 9.53 Å². The molecule has 1 aromatic carbocycles. The summed E-state index contributed by atoms with van der Waals surface area (Å²) in [6.45, 7) is 1.87. The van der Waals surface area contributed by atoms with Crippen molar-refractivity contribution in [3.63, 3.8) is 0 Å². The lowest BCUT2D eigenvalue weighted by molar-refractivity contribution is -0.113. The summed E-state index contributed by atoms with van der Waals surface area (Å²) in [5.74, 6) is 0.589. The van der Waals surface area contributed by atoms with Crippen LogP contribution in [0.2, 0.25) is 10.0 Å². The van der Waals surface area contributed by atoms with E-state index < -0.39 is 0 Å². The second-order valence-corrected chi connectivity index (χ2v) is 7.75. The minimum absolute atomic E-state index is 0.134. The number of nitrogens with zero attached hydrogens (tertiary/aromatic N) is 3. The monoisotopic (exact) mass is 475 g/mol. The molecule has 4 rings (SSSR count). The first-order valence-electron chi connectivity index (χ1n) is 9.22. The van der Waals surface area contributed by atoms with Gasteiger partial charge < -0.3 is 10.1 Å². The molecule has 0 spiro atoms. The molecule has 1 atom stereocenters. The van der Waals surface area contributed by atoms with Gasteiger partial charge in [-0.25, -0.2) is 4.98 Å². The molecule has 0 aliphatic heterocycles. The maximum atomic E-state index is 11.4. The average molecular weight is 477 g/mol. The van der Waals surface area contributed by atoms with Crippen LogP contribution in [0.5, 0.6) is 5.75 Å². The summed E-state index contributed by atoms with van der Waals surface area (Å²) in [6, 6.07) is 9.12. The maximum absolute atomic E-state index is 11.4. The molecule has 0 aliphatic carbocycles. The van der Waals surface area contributed by atoms with Crippen molar-refractivity contribution in [2.75, 3.05) is 11.2 Å². The Morgan fingerprint density at radius 3 is 2.61 bits per heavy atom. The van der Waals surface area contributed by atoms with Gasteiger partial charge in [-0.2, -0.15) is 5.10 Å². The third-order valence-electron chi connectivity index (χ3n) is 4.57. The molecule has 4 aromatic rings. The molecular formula is C21H16Cl3N5O2. The Morgan fingerprint density at radius 1 is 1.16 bits per heavy atom. The fourth-order valence-electron chi connectivity index (χ4n) is 3.14. The van der Waals surface area contributed by atoms with Crippen molar-refractivity contribution in [1.29, 1.82) is 0 Å². The van der Waals surface area contributed by atoms with E-state index in [1.54, 1.807) is 12.3 Å². The van der Waals surface area contributed by atoms with E-state index in [4.69, 9.17) is 39.5 Å². The summed E-state index contributed by atoms with van der Waals surface area (Å²) in [5.41, 5.74) is 3.00. The summed E-state index contributed by atoms with van der Waals surface area (Å²) < 4.78 is 6.09. The predicted molar refractivity (Wildman–Crippen MR) is 122 cm³/mol. The number of hydrogen-bond donors (Lipinski definition) is 2. The van der Waals surface area contributed by atoms with E-state index in [0.717, 1.165) is 16.5 Å². The first-order valence-corrected chi connectivity index (χ1v) is 10.5. The topological polar surface area (TPSA) is 92.8 Å². The van der Waals surface area contributed by atoms with Crippen LogP contribution in [0.3, 0.4) is 0 Å². The molecule has 2 N–H and O–H groups in total. The van der Waals surface area contributed by atoms with E-state index in [-0.39, 0.29) is 17.9 Å². The van der Waals surface area contributed by atoms with Crippen LogP contribution in [0, 0.1) is 0 Å². The fraction of sp³-hybridized carbons (Fsp3) is 0.143. The molecule has 0 saturated heterocycles. The Kier molecular flexibility index (Phi) is 6.27. The van der Waals surface area contributed by atoms with Crippen LogP contribution in [-0.2, 0) is 4.79 Å². The smallest absolute Gasteiger partial charge is 0.240 e. The summed E-state index contributed by atoms with van der Waals surface area (Å²) in [5, 5.41) is 11.7. The van der Waals surface area contributed by atoms with Gasteiger partial charge >= 0.3 is 0 Å². The van der Waals surface area contributed by atoms with Gasteiger partial charge in [0.1, 0.15) is 29.2 Å². The van der Waals surface area contributed by atoms with Gasteiger partial charge in [-0.15, -0.1) is 11.6 Å². The van der Waals surface area contributed by atoms with Crippen LogP contribution >= 0.6 is 34.8 Å². The van der Waals surface area contributed by atoms with E-state index in [2.05, 4.69) is 25.5 Å². The largest absolute Gasteiger partial charge is 0.486 e. The number of carbonyl (C=O) groups excluding carboxylic acids is 1. The minimum Gasteiger partial charge on any atom is -0.486 e. The SMILES string of the molecule is CC(Oc1ccc2[nH]nc(-c3ccc(NC(=O)CCl)nc3)c2c1)c1c(Cl)cncc1Cl. The number of anilines is 1. The number of aromatic amines is 1. The van der Waals surface area contributed by atoms with Crippen molar-refractivity contribution >= 4 is 57.4 Å². The highest BCUT2D eigenvalue weighted by atomic mass is 35.5. The number of halogens is 3. The molecule has 0 aliphatic rings. The summed E-state index contributed by atoms with van der Waals surface area (Å²) in [4.78, 5) is 19.6. The molecule has 0 bridgehead atoms. The highest BCUT2D eigenvalue weighted by Crippen LogP contribution is 2.34. The number of amides is 1. The normalized spacial score (nSPS) is 12.0. The van der Waals surface area contributed by atoms with Crippen LogP contribution < -0.4 is 10.1 Å². The Labute approximate surface area is 192 Å². The quantitative estimate of drug-likeness (QED) is 0.351. The zero-order chi connectivity index (χ0) is 22.0. The third kappa shape index (κ3) is 4.58. The molecule has 3 heterocycles. The van der Waals surface area contributed by atoms with Crippen LogP contribution in [0.4, 0.5) is 5.82 Å². The van der Waals surface area contributed by atoms with Gasteiger partial charge in [0.25, 0.3) is 0 Å². The molecule has 1 amide bonds. The minimum atomic E-state index is -0.387. The highest BCUT2D eigenvalue weighted by molar-refractivity contribution is 6.35. The second kappa shape index (κ2) is 9.09. The molecule has 3 aromatic heterocycles. The number of benzene rings is 1. The van der Waals surface area contributed by atoms with Crippen molar-refractivity contribution in [2.45, 2.75) is 13.0 Å². The van der Waals surface area contributed by atoms with Crippen molar-refractivity contribution in [1.82, 2.24) is 20.2 Å². The van der Waals surface area contributed by atoms with E-state index in [1.165, 1.54) is 12.4 Å². The van der Waals surface area contributed by atoms with Crippen LogP contribution in [0.25, 0.3) is 22.2 Å². The van der Waals surface area contributed by atoms with Crippen LogP contribution in [-0.4, -0.2) is 32.0 Å². The summed E-state index contributed by atoms with van der Waals surface area (Å²) >= 11 is 18.0. The lowest BCUT2D eigenvalue weighted by Gasteiger charge is -2.17. The van der Waals surface area contributed by atoms with Gasteiger partial charge in [0.2, 0.25) is 5.91 Å². The number of ether oxygens (including phenoxy) is 1. The Balaban J connectivity index is 1.61. The zero-order valence-corrected chi connectivity index (χ0v) is 18.5. The van der Waals surface area contributed by atoms with Gasteiger partial charge in [0, 0.05) is 35.1 Å². The van der Waals surface area contributed by atoms with E-state index in [0.29, 0.717) is 32.9 Å². The number of aromatic nitrogens is 4. The third-order valence-corrected chi connectivity index (χ3v) is 5.41. The predicted octanol–water partition coefficient (Wildman–Crippen LogP) is 5.64. The average Bonchev–Trinajstić information content (AvgIpc) is 3.17. The van der Waals surface area contributed by atoms with Crippen LogP contribution in [0.1, 0.15) is 18.6 Å². The van der Waals surface area contributed by atoms with Crippen molar-refractivity contribution in [3.05, 3.63) is 64.5 Å². The van der Waals surface area contributed by atoms with E-state index in [1.807, 2.05) is 31.2 Å². The van der Waals surface area contributed by atoms with Gasteiger partial charge in [0.15, 0.2) is 0 Å². The van der Waals surface area contributed by atoms with Crippen molar-refractivity contribution in [3.8, 4) is 17.0 Å². The van der Waals surface area contributed by atoms with Crippen LogP contribution in [0.15, 0.2) is 48.9 Å². The summed E-state index contributed by atoms with van der Waals surface area (Å²) in [6.07, 6.45) is 4.31. The first-order chi connectivity index (χ1) is 15.0. The van der Waals surface area contributed by atoms with E-state index >= 15 is 0 Å². The molecule has 1 unspecified atom stereocenters. The number of pyridine rings is 2. The molecule has 0 fully saturated rings. The number of rotatable bonds is 6. The Morgan fingerprint density at radius 2 is 1.94 bits per heavy atom. The van der Waals surface area contributed by atoms with Gasteiger partial charge in [-0.3, -0.25) is 14.9 Å². The Hall–Kier alpha value is -2.87. The first kappa shape index (κ1) is 21.4. The molecule has 31 heavy (non-hydrogen) atoms. The second-order valence-electron chi connectivity index (χ2n) is 6.67. The standard InChI is InChI=1S/C21H16Cl3N5O2/c1-11(20-15(23)9-25-10-16(20)24)31-13-3-4-17-14(6-13)21(29-28-17)12-2-5-18(26-8-12)27-19(30)7-22/h2-6,8-11H,7H2,1H3,(H,28,29)(H,26,27,30). The zero-order valence-electron chi connectivity index (χ0n) is 16.2. The number of fused-ring (bicyclic) bond motifs is 1. The number of alkyl halides is 1. The number of H-pyrrole nitrogens is 1. The molecular weight excluding hydrogens is 461 g/mol. The van der Waals surface area contributed by atoms with Gasteiger partial charge in [-0.1, -0.05) is 23.2 Å². The van der Waals surface area contributed by atoms with E-state index in [9.17, 15) is 4.79 Å². The van der Waals surface area contributed by atoms with Crippen molar-refractivity contribution in [2.24, 2.45) is 0 Å².